The summed E-state index contributed by atoms with van der Waals surface area (Å²) in [6, 6.07) is 7.10. The number of aromatic amines is 1. The summed E-state index contributed by atoms with van der Waals surface area (Å²) in [7, 11) is 1.57. The van der Waals surface area contributed by atoms with Gasteiger partial charge in [0.15, 0.2) is 6.04 Å². The zero-order chi connectivity index (χ0) is 72.9. The van der Waals surface area contributed by atoms with E-state index in [0.29, 0.717) is 34.0 Å². The highest BCUT2D eigenvalue weighted by Crippen LogP contribution is 2.25. The summed E-state index contributed by atoms with van der Waals surface area (Å²) in [5.41, 5.74) is 7.79. The van der Waals surface area contributed by atoms with Gasteiger partial charge in [-0.2, -0.15) is 0 Å². The Kier molecular flexibility index (Phi) is 32.8. The Morgan fingerprint density at radius 1 is 0.586 bits per heavy atom. The molecule has 1 aliphatic heterocycles. The topological polar surface area (TPSA) is 532 Å². The summed E-state index contributed by atoms with van der Waals surface area (Å²) in [4.78, 5) is 183. The molecule has 1 fully saturated rings. The number of aromatic nitrogens is 1. The van der Waals surface area contributed by atoms with Crippen LogP contribution in [0.25, 0.3) is 10.9 Å². The van der Waals surface area contributed by atoms with E-state index in [4.69, 9.17) is 5.73 Å². The van der Waals surface area contributed by atoms with Gasteiger partial charge in [-0.1, -0.05) is 82.3 Å². The van der Waals surface area contributed by atoms with E-state index in [0.717, 1.165) is 45.2 Å². The molecule has 34 nitrogen and oxygen atoms in total. The lowest BCUT2D eigenvalue weighted by atomic mass is 10.0. The van der Waals surface area contributed by atoms with Crippen molar-refractivity contribution in [3.63, 3.8) is 0 Å². The van der Waals surface area contributed by atoms with Crippen LogP contribution in [-0.4, -0.2) is 275 Å². The smallest absolute Gasteiger partial charge is 0.328 e. The predicted octanol–water partition coefficient (Wildman–Crippen LogP) is -3.61. The van der Waals surface area contributed by atoms with Gasteiger partial charge in [0, 0.05) is 74.0 Å². The molecule has 5 rings (SSSR count). The number of hydrogen-bond acceptors (Lipinski definition) is 22. The first-order valence-corrected chi connectivity index (χ1v) is 33.9. The van der Waals surface area contributed by atoms with Crippen LogP contribution in [0.2, 0.25) is 0 Å². The largest absolute Gasteiger partial charge is 0.508 e. The standard InChI is InChI=1S/C63H85N13O21S2/c1-35(77)54-62(95)71-48(61(94)73-55(36(2)78)63(96)97)34-99-98-33-47(70-57(90)44(24-37-10-4-3-5-11-37)66-49(80)28-75(30-51(83)84)22-20-74(29-50(81)82)21-23-76(31-52(85)86)32-53(87)88)60(93)68-45(25-38-15-17-40(79)18-16-38)58(91)69-46(26-39-27-65-42-13-7-6-12-41(39)42)59(92)67-43(56(89)72-54)14-8-9-19-64/h3-7,10-13,15-18,27,35-36,43-48,54-55,65,77-79H,8-9,14,19-26,28-34,64H2,1-2H3,(H,66,80)(H,67,92)(H,68,93)(H,69,91)(H,70,90)(H,71,95)(H,72,89)(H,73,94)(H,81,82)(H,83,84)(H,85,86)(H,87,88)(H,96,97)/t35-,36-,43+,44-,45+,46-,47+,48-,54-,55+/m1/s1. The van der Waals surface area contributed by atoms with Crippen LogP contribution < -0.4 is 48.3 Å². The van der Waals surface area contributed by atoms with E-state index in [9.17, 15) is 93.6 Å². The van der Waals surface area contributed by atoms with E-state index in [1.165, 1.54) is 29.2 Å². The van der Waals surface area contributed by atoms with Crippen molar-refractivity contribution in [1.29, 1.82) is 0 Å². The number of H-pyrrole nitrogens is 1. The van der Waals surface area contributed by atoms with Crippen LogP contribution in [0.15, 0.2) is 85.1 Å². The molecule has 540 valence electrons. The van der Waals surface area contributed by atoms with Gasteiger partial charge in [-0.25, -0.2) is 4.79 Å². The molecule has 19 N–H and O–H groups in total. The van der Waals surface area contributed by atoms with Crippen LogP contribution in [0.3, 0.4) is 0 Å². The van der Waals surface area contributed by atoms with Gasteiger partial charge in [-0.15, -0.1) is 0 Å². The van der Waals surface area contributed by atoms with Gasteiger partial charge in [0.25, 0.3) is 0 Å². The number of benzene rings is 3. The number of nitrogens with one attached hydrogen (secondary N) is 9. The number of phenols is 1. The van der Waals surface area contributed by atoms with Crippen LogP contribution in [0.5, 0.6) is 5.75 Å². The molecule has 1 saturated heterocycles. The van der Waals surface area contributed by atoms with Crippen LogP contribution in [0.4, 0.5) is 0 Å². The third-order valence-corrected chi connectivity index (χ3v) is 17.9. The summed E-state index contributed by atoms with van der Waals surface area (Å²) in [6.45, 7) is -2.24. The Hall–Kier alpha value is -9.43. The SMILES string of the molecule is C[C@@H](O)[C@H](NC(=O)[C@H]1CSSC[C@H](NC(=O)[C@@H](Cc2ccccc2)NC(=O)CN(CCN(CCN(CC(=O)O)CC(=O)O)CC(=O)O)CC(=O)O)C(=O)N[C@@H](Cc2ccc(O)cc2)C(=O)N[C@H](Cc2c[nH]c3ccccc23)C(=O)N[C@@H](CCCCN)C(=O)N[C@H]([C@@H](C)O)C(=O)N1)C(=O)O. The number of carbonyl (C=O) groups is 13. The van der Waals surface area contributed by atoms with Crippen molar-refractivity contribution in [2.75, 3.05) is 77.0 Å². The van der Waals surface area contributed by atoms with Crippen molar-refractivity contribution < 1.29 is 103 Å². The second kappa shape index (κ2) is 40.5. The highest BCUT2D eigenvalue weighted by Gasteiger charge is 2.38. The van der Waals surface area contributed by atoms with Crippen molar-refractivity contribution in [2.45, 2.75) is 113 Å². The first-order chi connectivity index (χ1) is 47.0. The van der Waals surface area contributed by atoms with Crippen LogP contribution in [0.1, 0.15) is 49.8 Å². The van der Waals surface area contributed by atoms with Crippen molar-refractivity contribution in [3.8, 4) is 5.75 Å². The summed E-state index contributed by atoms with van der Waals surface area (Å²) < 4.78 is 0. The number of carboxylic acids is 5. The molecular weight excluding hydrogens is 1340 g/mol. The summed E-state index contributed by atoms with van der Waals surface area (Å²) in [6.07, 6.45) is -2.19. The number of phenolic OH excluding ortho intramolecular Hbond substituents is 1. The molecule has 0 aliphatic carbocycles. The molecule has 3 aromatic carbocycles. The van der Waals surface area contributed by atoms with Gasteiger partial charge < -0.3 is 94.1 Å². The third-order valence-electron chi connectivity index (χ3n) is 15.5. The maximum Gasteiger partial charge on any atom is 0.328 e. The number of para-hydroxylation sites is 1. The molecule has 0 unspecified atom stereocenters. The molecule has 1 aromatic heterocycles. The predicted molar refractivity (Wildman–Crippen MR) is 358 cm³/mol. The molecular formula is C63H85N13O21S2. The van der Waals surface area contributed by atoms with Crippen molar-refractivity contribution >= 4 is 110 Å². The van der Waals surface area contributed by atoms with Gasteiger partial charge in [0.1, 0.15) is 48.0 Å². The summed E-state index contributed by atoms with van der Waals surface area (Å²) in [5, 5.41) is 101. The Labute approximate surface area is 575 Å². The van der Waals surface area contributed by atoms with Gasteiger partial charge in [0.2, 0.25) is 47.3 Å². The Balaban J connectivity index is 1.59. The monoisotopic (exact) mass is 1420 g/mol. The van der Waals surface area contributed by atoms with Crippen molar-refractivity contribution in [1.82, 2.24) is 62.2 Å². The van der Waals surface area contributed by atoms with Crippen molar-refractivity contribution in [2.24, 2.45) is 5.73 Å². The van der Waals surface area contributed by atoms with E-state index >= 15 is 9.59 Å². The molecule has 1 aliphatic rings. The maximum atomic E-state index is 15.2. The van der Waals surface area contributed by atoms with Gasteiger partial charge in [-0.05, 0) is 74.5 Å². The number of unbranched alkanes of at least 4 members (excludes halogenated alkanes) is 1. The lowest BCUT2D eigenvalue weighted by Gasteiger charge is -2.29. The number of aliphatic hydroxyl groups is 2. The minimum absolute atomic E-state index is 0.106. The van der Waals surface area contributed by atoms with Gasteiger partial charge >= 0.3 is 29.8 Å². The first-order valence-electron chi connectivity index (χ1n) is 31.4. The Bertz CT molecular complexity index is 3420. The number of amides is 8. The number of aliphatic hydroxyl groups excluding tert-OH is 2. The van der Waals surface area contributed by atoms with Crippen LogP contribution in [-0.2, 0) is 81.6 Å². The van der Waals surface area contributed by atoms with E-state index in [2.05, 4.69) is 47.5 Å². The second-order valence-electron chi connectivity index (χ2n) is 23.5. The van der Waals surface area contributed by atoms with Gasteiger partial charge in [0.05, 0.1) is 44.9 Å². The molecule has 2 heterocycles. The minimum atomic E-state index is -1.93. The molecule has 4 aromatic rings. The van der Waals surface area contributed by atoms with E-state index in [-0.39, 0.29) is 70.6 Å². The number of nitrogens with zero attached hydrogens (tertiary/aromatic N) is 3. The molecule has 0 bridgehead atoms. The molecule has 10 atom stereocenters. The summed E-state index contributed by atoms with van der Waals surface area (Å²) >= 11 is 0. The molecule has 99 heavy (non-hydrogen) atoms. The lowest BCUT2D eigenvalue weighted by Crippen LogP contribution is -2.62. The van der Waals surface area contributed by atoms with Crippen molar-refractivity contribution in [3.05, 3.63) is 102 Å². The Morgan fingerprint density at radius 3 is 1.71 bits per heavy atom. The highest BCUT2D eigenvalue weighted by molar-refractivity contribution is 8.76. The molecule has 0 spiro atoms. The maximum absolute atomic E-state index is 15.2. The quantitative estimate of drug-likeness (QED) is 0.0159. The normalized spacial score (nSPS) is 19.6. The number of carboxylic acid groups (broad SMARTS) is 5. The lowest BCUT2D eigenvalue weighted by molar-refractivity contribution is -0.145. The van der Waals surface area contributed by atoms with E-state index in [1.807, 2.05) is 0 Å². The molecule has 8 amide bonds. The second-order valence-corrected chi connectivity index (χ2v) is 26.0. The van der Waals surface area contributed by atoms with E-state index in [1.54, 1.807) is 60.8 Å². The summed E-state index contributed by atoms with van der Waals surface area (Å²) in [5.74, 6) is -16.7. The van der Waals surface area contributed by atoms with Gasteiger partial charge in [-0.3, -0.25) is 72.2 Å². The number of hydrogen-bond donors (Lipinski definition) is 18. The fourth-order valence-electron chi connectivity index (χ4n) is 10.3. The average molecular weight is 1420 g/mol. The fourth-order valence-corrected chi connectivity index (χ4v) is 12.7. The first kappa shape index (κ1) is 80.3. The third kappa shape index (κ3) is 27.8. The van der Waals surface area contributed by atoms with Crippen LogP contribution in [0, 0.1) is 0 Å². The van der Waals surface area contributed by atoms with E-state index < -0.39 is 182 Å². The zero-order valence-corrected chi connectivity index (χ0v) is 55.8. The number of carbonyl (C=O) groups excluding carboxylic acids is 8. The number of rotatable bonds is 34. The molecule has 0 saturated carbocycles. The minimum Gasteiger partial charge on any atom is -0.508 e. The number of fused-ring (bicyclic) bond motifs is 1. The molecule has 0 radical (unpaired) electrons. The highest BCUT2D eigenvalue weighted by atomic mass is 33.1. The fraction of sp³-hybridized carbons (Fsp3) is 0.476. The Morgan fingerprint density at radius 2 is 1.12 bits per heavy atom. The van der Waals surface area contributed by atoms with Crippen LogP contribution >= 0.6 is 21.6 Å². The number of nitrogens with two attached hydrogens (primary N) is 1. The number of aromatic hydroxyl groups is 1. The molecule has 36 heteroatoms. The average Bonchev–Trinajstić information content (AvgIpc) is 1.79. The number of aliphatic carboxylic acids is 5. The zero-order valence-electron chi connectivity index (χ0n) is 54.2.